The predicted octanol–water partition coefficient (Wildman–Crippen LogP) is 2.26. The van der Waals surface area contributed by atoms with E-state index in [2.05, 4.69) is 0 Å². The number of anilines is 1. The summed E-state index contributed by atoms with van der Waals surface area (Å²) in [5.74, 6) is 2.95. The van der Waals surface area contributed by atoms with Crippen LogP contribution in [0.1, 0.15) is 36.5 Å². The Morgan fingerprint density at radius 1 is 1.37 bits per heavy atom. The molecule has 19 heavy (non-hydrogen) atoms. The van der Waals surface area contributed by atoms with Crippen LogP contribution in [-0.4, -0.2) is 23.4 Å². The van der Waals surface area contributed by atoms with Crippen molar-refractivity contribution in [3.63, 3.8) is 0 Å². The number of carbonyl (C=O) groups excluding carboxylic acids is 1. The maximum atomic E-state index is 13.6. The van der Waals surface area contributed by atoms with Crippen LogP contribution in [-0.2, 0) is 0 Å². The maximum Gasteiger partial charge on any atom is 0.254 e. The normalized spacial score (nSPS) is 19.4. The largest absolute Gasteiger partial charge is 0.336 e. The summed E-state index contributed by atoms with van der Waals surface area (Å²) < 4.78 is 27.2. The van der Waals surface area contributed by atoms with Gasteiger partial charge in [0.2, 0.25) is 0 Å². The smallest absolute Gasteiger partial charge is 0.254 e. The number of hydrogen-bond donors (Lipinski definition) is 2. The van der Waals surface area contributed by atoms with E-state index < -0.39 is 17.3 Å². The molecule has 1 saturated heterocycles. The molecule has 1 aromatic carbocycles. The van der Waals surface area contributed by atoms with Gasteiger partial charge in [-0.05, 0) is 38.3 Å². The number of hydrazine groups is 1. The molecule has 0 aliphatic carbocycles. The Morgan fingerprint density at radius 3 is 2.53 bits per heavy atom. The Morgan fingerprint density at radius 2 is 2.00 bits per heavy atom. The zero-order chi connectivity index (χ0) is 14.0. The van der Waals surface area contributed by atoms with Gasteiger partial charge in [0.15, 0.2) is 11.6 Å². The van der Waals surface area contributed by atoms with E-state index in [9.17, 15) is 13.6 Å². The molecule has 1 unspecified atom stereocenters. The number of halogens is 2. The molecule has 1 heterocycles. The van der Waals surface area contributed by atoms with E-state index in [1.54, 1.807) is 4.90 Å². The minimum absolute atomic E-state index is 0.0164. The molecule has 1 aliphatic rings. The molecule has 2 rings (SSSR count). The highest BCUT2D eigenvalue weighted by Gasteiger charge is 2.25. The molecule has 1 aliphatic heterocycles. The van der Waals surface area contributed by atoms with Crippen LogP contribution in [0.15, 0.2) is 12.1 Å². The first-order chi connectivity index (χ1) is 9.04. The standard InChI is InChI=1S/C13H17F2N3O/c1-8-4-2-3-5-18(8)13(19)9-6-10(14)12(17-16)11(15)7-9/h6-8,17H,2-5,16H2,1H3. The van der Waals surface area contributed by atoms with Gasteiger partial charge in [-0.25, -0.2) is 8.78 Å². The highest BCUT2D eigenvalue weighted by atomic mass is 19.1. The summed E-state index contributed by atoms with van der Waals surface area (Å²) in [6.07, 6.45) is 2.91. The molecule has 0 saturated carbocycles. The molecule has 104 valence electrons. The van der Waals surface area contributed by atoms with Crippen LogP contribution < -0.4 is 11.3 Å². The number of amides is 1. The van der Waals surface area contributed by atoms with E-state index in [-0.39, 0.29) is 17.5 Å². The van der Waals surface area contributed by atoms with Crippen LogP contribution in [0, 0.1) is 11.6 Å². The number of nitrogens with one attached hydrogen (secondary N) is 1. The van der Waals surface area contributed by atoms with Crippen molar-refractivity contribution in [3.8, 4) is 0 Å². The van der Waals surface area contributed by atoms with E-state index in [0.717, 1.165) is 31.4 Å². The molecule has 0 aromatic heterocycles. The Balaban J connectivity index is 2.28. The van der Waals surface area contributed by atoms with Gasteiger partial charge in [0.05, 0.1) is 0 Å². The van der Waals surface area contributed by atoms with Crippen LogP contribution in [0.4, 0.5) is 14.5 Å². The van der Waals surface area contributed by atoms with E-state index in [4.69, 9.17) is 5.84 Å². The van der Waals surface area contributed by atoms with Gasteiger partial charge in [-0.2, -0.15) is 0 Å². The summed E-state index contributed by atoms with van der Waals surface area (Å²) in [5, 5.41) is 0. The van der Waals surface area contributed by atoms with Gasteiger partial charge in [0.1, 0.15) is 5.69 Å². The summed E-state index contributed by atoms with van der Waals surface area (Å²) in [7, 11) is 0. The highest BCUT2D eigenvalue weighted by Crippen LogP contribution is 2.23. The van der Waals surface area contributed by atoms with Crippen molar-refractivity contribution < 1.29 is 13.6 Å². The highest BCUT2D eigenvalue weighted by molar-refractivity contribution is 5.95. The van der Waals surface area contributed by atoms with Gasteiger partial charge >= 0.3 is 0 Å². The van der Waals surface area contributed by atoms with Gasteiger partial charge in [-0.15, -0.1) is 0 Å². The minimum Gasteiger partial charge on any atom is -0.336 e. The first kappa shape index (κ1) is 13.7. The number of nitrogen functional groups attached to an aromatic ring is 1. The van der Waals surface area contributed by atoms with Crippen LogP contribution in [0.2, 0.25) is 0 Å². The summed E-state index contributed by atoms with van der Waals surface area (Å²) in [4.78, 5) is 13.9. The van der Waals surface area contributed by atoms with Gasteiger partial charge < -0.3 is 10.3 Å². The fraction of sp³-hybridized carbons (Fsp3) is 0.462. The first-order valence-corrected chi connectivity index (χ1v) is 6.31. The molecule has 0 bridgehead atoms. The van der Waals surface area contributed by atoms with Crippen molar-refractivity contribution in [2.75, 3.05) is 12.0 Å². The molecule has 1 fully saturated rings. The van der Waals surface area contributed by atoms with Crippen molar-refractivity contribution >= 4 is 11.6 Å². The second-order valence-electron chi connectivity index (χ2n) is 4.80. The number of rotatable bonds is 2. The molecule has 0 spiro atoms. The lowest BCUT2D eigenvalue weighted by atomic mass is 10.0. The second kappa shape index (κ2) is 5.52. The second-order valence-corrected chi connectivity index (χ2v) is 4.80. The molecule has 4 nitrogen and oxygen atoms in total. The predicted molar refractivity (Wildman–Crippen MR) is 68.5 cm³/mol. The number of hydrogen-bond acceptors (Lipinski definition) is 3. The summed E-state index contributed by atoms with van der Waals surface area (Å²) >= 11 is 0. The molecule has 3 N–H and O–H groups in total. The van der Waals surface area contributed by atoms with E-state index in [0.29, 0.717) is 6.54 Å². The molecule has 1 atom stereocenters. The third-order valence-corrected chi connectivity index (χ3v) is 3.50. The maximum absolute atomic E-state index is 13.6. The zero-order valence-electron chi connectivity index (χ0n) is 10.7. The number of carbonyl (C=O) groups is 1. The Hall–Kier alpha value is -1.69. The van der Waals surface area contributed by atoms with Gasteiger partial charge in [-0.1, -0.05) is 0 Å². The average molecular weight is 269 g/mol. The first-order valence-electron chi connectivity index (χ1n) is 6.31. The Labute approximate surface area is 110 Å². The van der Waals surface area contributed by atoms with Crippen LogP contribution >= 0.6 is 0 Å². The lowest BCUT2D eigenvalue weighted by Crippen LogP contribution is -2.42. The lowest BCUT2D eigenvalue weighted by Gasteiger charge is -2.33. The third kappa shape index (κ3) is 2.68. The fourth-order valence-corrected chi connectivity index (χ4v) is 2.40. The number of likely N-dealkylation sites (tertiary alicyclic amines) is 1. The topological polar surface area (TPSA) is 58.4 Å². The van der Waals surface area contributed by atoms with E-state index >= 15 is 0 Å². The zero-order valence-corrected chi connectivity index (χ0v) is 10.7. The summed E-state index contributed by atoms with van der Waals surface area (Å²) in [6.45, 7) is 2.57. The number of benzene rings is 1. The van der Waals surface area contributed by atoms with Crippen molar-refractivity contribution in [1.82, 2.24) is 4.90 Å². The van der Waals surface area contributed by atoms with Gasteiger partial charge in [0, 0.05) is 18.2 Å². The average Bonchev–Trinajstić information content (AvgIpc) is 2.38. The van der Waals surface area contributed by atoms with Crippen molar-refractivity contribution in [2.45, 2.75) is 32.2 Å². The summed E-state index contributed by atoms with van der Waals surface area (Å²) in [6, 6.07) is 2.13. The molecular formula is C13H17F2N3O. The number of nitrogens with zero attached hydrogens (tertiary/aromatic N) is 1. The quantitative estimate of drug-likeness (QED) is 0.639. The molecule has 1 aromatic rings. The van der Waals surface area contributed by atoms with Crippen molar-refractivity contribution in [2.24, 2.45) is 5.84 Å². The Kier molecular flexibility index (Phi) is 3.99. The van der Waals surface area contributed by atoms with Crippen LogP contribution in [0.3, 0.4) is 0 Å². The van der Waals surface area contributed by atoms with Gasteiger partial charge in [-0.3, -0.25) is 10.6 Å². The fourth-order valence-electron chi connectivity index (χ4n) is 2.40. The molecule has 0 radical (unpaired) electrons. The lowest BCUT2D eigenvalue weighted by molar-refractivity contribution is 0.0634. The number of piperidine rings is 1. The Bertz CT molecular complexity index is 470. The molecule has 6 heteroatoms. The number of nitrogens with two attached hydrogens (primary N) is 1. The van der Waals surface area contributed by atoms with Crippen molar-refractivity contribution in [1.29, 1.82) is 0 Å². The SMILES string of the molecule is CC1CCCCN1C(=O)c1cc(F)c(NN)c(F)c1. The molecule has 1 amide bonds. The minimum atomic E-state index is -0.865. The van der Waals surface area contributed by atoms with Crippen molar-refractivity contribution in [3.05, 3.63) is 29.3 Å². The third-order valence-electron chi connectivity index (χ3n) is 3.50. The summed E-state index contributed by atoms with van der Waals surface area (Å²) in [5.41, 5.74) is 1.53. The van der Waals surface area contributed by atoms with E-state index in [1.807, 2.05) is 12.3 Å². The monoisotopic (exact) mass is 269 g/mol. The van der Waals surface area contributed by atoms with Gasteiger partial charge in [0.25, 0.3) is 5.91 Å². The molecular weight excluding hydrogens is 252 g/mol. The van der Waals surface area contributed by atoms with Crippen LogP contribution in [0.5, 0.6) is 0 Å². The van der Waals surface area contributed by atoms with Crippen LogP contribution in [0.25, 0.3) is 0 Å². The van der Waals surface area contributed by atoms with E-state index in [1.165, 1.54) is 0 Å².